The van der Waals surface area contributed by atoms with Crippen molar-refractivity contribution in [2.24, 2.45) is 0 Å². The molecule has 0 bridgehead atoms. The van der Waals surface area contributed by atoms with Crippen LogP contribution >= 0.6 is 11.3 Å². The Kier molecular flexibility index (Phi) is 4.14. The summed E-state index contributed by atoms with van der Waals surface area (Å²) in [6, 6.07) is 8.75. The van der Waals surface area contributed by atoms with Crippen LogP contribution in [0.15, 0.2) is 41.9 Å². The van der Waals surface area contributed by atoms with Gasteiger partial charge in [-0.1, -0.05) is 30.3 Å². The van der Waals surface area contributed by atoms with E-state index in [4.69, 9.17) is 0 Å². The molecule has 1 unspecified atom stereocenters. The van der Waals surface area contributed by atoms with Gasteiger partial charge in [0.15, 0.2) is 5.13 Å². The second-order valence-electron chi connectivity index (χ2n) is 4.57. The third kappa shape index (κ3) is 3.03. The van der Waals surface area contributed by atoms with E-state index in [0.29, 0.717) is 10.7 Å². The Bertz CT molecular complexity index is 598. The first-order valence-corrected chi connectivity index (χ1v) is 6.88. The van der Waals surface area contributed by atoms with E-state index in [-0.39, 0.29) is 12.3 Å². The number of amides is 1. The largest absolute Gasteiger partial charge is 0.481 e. The molecule has 1 aromatic heterocycles. The van der Waals surface area contributed by atoms with Gasteiger partial charge in [0.2, 0.25) is 5.91 Å². The minimum Gasteiger partial charge on any atom is -0.481 e. The molecule has 0 saturated heterocycles. The molecular formula is C14H14N2O3S. The fourth-order valence-corrected chi connectivity index (χ4v) is 2.42. The minimum absolute atomic E-state index is 0.147. The molecule has 0 radical (unpaired) electrons. The molecule has 0 aliphatic rings. The zero-order chi connectivity index (χ0) is 14.6. The van der Waals surface area contributed by atoms with Crippen LogP contribution in [0.2, 0.25) is 0 Å². The summed E-state index contributed by atoms with van der Waals surface area (Å²) < 4.78 is 0. The SMILES string of the molecule is CC(CC(=O)Nc1nccs1)(C(=O)O)c1ccccc1. The summed E-state index contributed by atoms with van der Waals surface area (Å²) >= 11 is 1.29. The van der Waals surface area contributed by atoms with Gasteiger partial charge in [-0.15, -0.1) is 11.3 Å². The molecule has 0 fully saturated rings. The van der Waals surface area contributed by atoms with Gasteiger partial charge in [0.25, 0.3) is 0 Å². The standard InChI is InChI=1S/C14H14N2O3S/c1-14(12(18)19,10-5-3-2-4-6-10)9-11(17)16-13-15-7-8-20-13/h2-8H,9H2,1H3,(H,18,19)(H,15,16,17). The summed E-state index contributed by atoms with van der Waals surface area (Å²) in [7, 11) is 0. The normalized spacial score (nSPS) is 13.4. The second-order valence-corrected chi connectivity index (χ2v) is 5.46. The first kappa shape index (κ1) is 14.2. The Morgan fingerprint density at radius 3 is 2.60 bits per heavy atom. The quantitative estimate of drug-likeness (QED) is 0.886. The van der Waals surface area contributed by atoms with Gasteiger partial charge in [-0.3, -0.25) is 9.59 Å². The predicted molar refractivity (Wildman–Crippen MR) is 76.8 cm³/mol. The molecule has 0 aliphatic carbocycles. The number of anilines is 1. The number of nitrogens with zero attached hydrogens (tertiary/aromatic N) is 1. The molecule has 6 heteroatoms. The molecule has 1 heterocycles. The molecule has 20 heavy (non-hydrogen) atoms. The lowest BCUT2D eigenvalue weighted by molar-refractivity contribution is -0.145. The summed E-state index contributed by atoms with van der Waals surface area (Å²) in [5.41, 5.74) is -0.662. The van der Waals surface area contributed by atoms with E-state index >= 15 is 0 Å². The molecule has 0 aliphatic heterocycles. The van der Waals surface area contributed by atoms with E-state index in [1.165, 1.54) is 11.3 Å². The van der Waals surface area contributed by atoms with Crippen molar-refractivity contribution in [1.82, 2.24) is 4.98 Å². The average molecular weight is 290 g/mol. The van der Waals surface area contributed by atoms with Crippen LogP contribution in [0.25, 0.3) is 0 Å². The van der Waals surface area contributed by atoms with Crippen LogP contribution in [0.3, 0.4) is 0 Å². The maximum Gasteiger partial charge on any atom is 0.314 e. The molecule has 0 spiro atoms. The van der Waals surface area contributed by atoms with Crippen LogP contribution in [-0.2, 0) is 15.0 Å². The summed E-state index contributed by atoms with van der Waals surface area (Å²) in [6.07, 6.45) is 1.43. The van der Waals surface area contributed by atoms with Crippen LogP contribution in [0, 0.1) is 0 Å². The maximum absolute atomic E-state index is 12.0. The number of benzene rings is 1. The Balaban J connectivity index is 2.18. The molecule has 1 aromatic carbocycles. The lowest BCUT2D eigenvalue weighted by Gasteiger charge is -2.24. The van der Waals surface area contributed by atoms with Crippen molar-refractivity contribution in [2.75, 3.05) is 5.32 Å². The molecule has 1 atom stereocenters. The average Bonchev–Trinajstić information content (AvgIpc) is 2.92. The van der Waals surface area contributed by atoms with Crippen molar-refractivity contribution < 1.29 is 14.7 Å². The van der Waals surface area contributed by atoms with Gasteiger partial charge in [0, 0.05) is 18.0 Å². The Labute approximate surface area is 120 Å². The monoisotopic (exact) mass is 290 g/mol. The summed E-state index contributed by atoms with van der Waals surface area (Å²) in [6.45, 7) is 1.55. The van der Waals surface area contributed by atoms with Gasteiger partial charge in [-0.05, 0) is 12.5 Å². The van der Waals surface area contributed by atoms with Gasteiger partial charge in [-0.25, -0.2) is 4.98 Å². The van der Waals surface area contributed by atoms with E-state index in [0.717, 1.165) is 0 Å². The number of hydrogen-bond acceptors (Lipinski definition) is 4. The number of thiazole rings is 1. The number of aromatic nitrogens is 1. The summed E-state index contributed by atoms with van der Waals surface area (Å²) in [5.74, 6) is -1.40. The molecule has 2 N–H and O–H groups in total. The van der Waals surface area contributed by atoms with Crippen molar-refractivity contribution in [3.05, 3.63) is 47.5 Å². The van der Waals surface area contributed by atoms with E-state index in [1.807, 2.05) is 0 Å². The number of rotatable bonds is 5. The lowest BCUT2D eigenvalue weighted by Crippen LogP contribution is -2.36. The molecular weight excluding hydrogens is 276 g/mol. The number of carbonyl (C=O) groups is 2. The fraction of sp³-hybridized carbons (Fsp3) is 0.214. The number of aliphatic carboxylic acids is 1. The second kappa shape index (κ2) is 5.83. The first-order chi connectivity index (χ1) is 9.52. The van der Waals surface area contributed by atoms with Crippen molar-refractivity contribution >= 4 is 28.3 Å². The molecule has 104 valence electrons. The Hall–Kier alpha value is -2.21. The van der Waals surface area contributed by atoms with E-state index < -0.39 is 11.4 Å². The van der Waals surface area contributed by atoms with Gasteiger partial charge < -0.3 is 10.4 Å². The lowest BCUT2D eigenvalue weighted by atomic mass is 9.79. The van der Waals surface area contributed by atoms with Crippen molar-refractivity contribution in [3.8, 4) is 0 Å². The van der Waals surface area contributed by atoms with Crippen molar-refractivity contribution in [3.63, 3.8) is 0 Å². The highest BCUT2D eigenvalue weighted by molar-refractivity contribution is 7.13. The topological polar surface area (TPSA) is 79.3 Å². The minimum atomic E-state index is -1.26. The van der Waals surface area contributed by atoms with E-state index in [1.54, 1.807) is 48.8 Å². The fourth-order valence-electron chi connectivity index (χ4n) is 1.88. The zero-order valence-corrected chi connectivity index (χ0v) is 11.7. The van der Waals surface area contributed by atoms with Gasteiger partial charge in [-0.2, -0.15) is 0 Å². The number of carbonyl (C=O) groups excluding carboxylic acids is 1. The van der Waals surface area contributed by atoms with Gasteiger partial charge in [0.1, 0.15) is 0 Å². The van der Waals surface area contributed by atoms with E-state index in [2.05, 4.69) is 10.3 Å². The summed E-state index contributed by atoms with van der Waals surface area (Å²) in [4.78, 5) is 27.5. The number of nitrogens with one attached hydrogen (secondary N) is 1. The molecule has 0 saturated carbocycles. The predicted octanol–water partition coefficient (Wildman–Crippen LogP) is 2.51. The molecule has 1 amide bonds. The van der Waals surface area contributed by atoms with Crippen LogP contribution in [-0.4, -0.2) is 22.0 Å². The van der Waals surface area contributed by atoms with E-state index in [9.17, 15) is 14.7 Å². The summed E-state index contributed by atoms with van der Waals surface area (Å²) in [5, 5.41) is 14.3. The highest BCUT2D eigenvalue weighted by Gasteiger charge is 2.37. The number of hydrogen-bond donors (Lipinski definition) is 2. The van der Waals surface area contributed by atoms with Crippen molar-refractivity contribution in [2.45, 2.75) is 18.8 Å². The zero-order valence-electron chi connectivity index (χ0n) is 10.9. The number of carboxylic acids is 1. The highest BCUT2D eigenvalue weighted by Crippen LogP contribution is 2.28. The van der Waals surface area contributed by atoms with Crippen LogP contribution in [0.1, 0.15) is 18.9 Å². The Morgan fingerprint density at radius 2 is 2.05 bits per heavy atom. The van der Waals surface area contributed by atoms with Crippen LogP contribution < -0.4 is 5.32 Å². The van der Waals surface area contributed by atoms with Gasteiger partial charge >= 0.3 is 5.97 Å². The van der Waals surface area contributed by atoms with Gasteiger partial charge in [0.05, 0.1) is 5.41 Å². The van der Waals surface area contributed by atoms with Crippen LogP contribution in [0.4, 0.5) is 5.13 Å². The van der Waals surface area contributed by atoms with Crippen LogP contribution in [0.5, 0.6) is 0 Å². The number of carboxylic acid groups (broad SMARTS) is 1. The maximum atomic E-state index is 12.0. The molecule has 2 rings (SSSR count). The third-order valence-corrected chi connectivity index (χ3v) is 3.76. The molecule has 2 aromatic rings. The third-order valence-electron chi connectivity index (χ3n) is 3.08. The molecule has 5 nitrogen and oxygen atoms in total. The highest BCUT2D eigenvalue weighted by atomic mass is 32.1. The smallest absolute Gasteiger partial charge is 0.314 e. The Morgan fingerprint density at radius 1 is 1.35 bits per heavy atom. The first-order valence-electron chi connectivity index (χ1n) is 6.00. The van der Waals surface area contributed by atoms with Crippen molar-refractivity contribution in [1.29, 1.82) is 0 Å².